The van der Waals surface area contributed by atoms with E-state index in [-0.39, 0.29) is 18.2 Å². The Balaban J connectivity index is 1.37. The number of carboxylic acid groups (broad SMARTS) is 1. The van der Waals surface area contributed by atoms with Crippen LogP contribution in [0.4, 0.5) is 11.8 Å². The van der Waals surface area contributed by atoms with Gasteiger partial charge in [-0.25, -0.2) is 9.78 Å². The minimum absolute atomic E-state index is 0.00787. The molecule has 192 valence electrons. The Kier molecular flexibility index (Phi) is 7.32. The van der Waals surface area contributed by atoms with Gasteiger partial charge in [-0.3, -0.25) is 0 Å². The monoisotopic (exact) mass is 500 g/mol. The van der Waals surface area contributed by atoms with Crippen LogP contribution in [0.5, 0.6) is 0 Å². The summed E-state index contributed by atoms with van der Waals surface area (Å²) in [5.74, 6) is 0.209. The molecule has 0 radical (unpaired) electrons. The number of carbonyl (C=O) groups is 1. The molecule has 4 N–H and O–H groups in total. The molecule has 0 saturated heterocycles. The number of aromatic carboxylic acids is 1. The summed E-state index contributed by atoms with van der Waals surface area (Å²) in [5, 5.41) is 25.5. The van der Waals surface area contributed by atoms with Crippen LogP contribution in [0.3, 0.4) is 0 Å². The van der Waals surface area contributed by atoms with Crippen LogP contribution < -0.4 is 10.6 Å². The SMILES string of the molecule is CC[C@H](CO)Nc1nc(NCc2ccc(-c3ccc(C(=O)O)cc3)cc2)c2ncn(C3CCCC3)c2n1. The smallest absolute Gasteiger partial charge is 0.335 e. The first-order valence-corrected chi connectivity index (χ1v) is 12.8. The van der Waals surface area contributed by atoms with Crippen LogP contribution in [0.1, 0.15) is 61.0 Å². The fraction of sp³-hybridized carbons (Fsp3) is 0.357. The number of hydrogen-bond acceptors (Lipinski definition) is 7. The maximum Gasteiger partial charge on any atom is 0.335 e. The van der Waals surface area contributed by atoms with Gasteiger partial charge in [-0.2, -0.15) is 9.97 Å². The maximum absolute atomic E-state index is 11.1. The van der Waals surface area contributed by atoms with E-state index in [0.717, 1.165) is 47.1 Å². The average Bonchev–Trinajstić information content (AvgIpc) is 3.61. The van der Waals surface area contributed by atoms with Crippen molar-refractivity contribution in [3.8, 4) is 11.1 Å². The van der Waals surface area contributed by atoms with Crippen molar-refractivity contribution < 1.29 is 15.0 Å². The first kappa shape index (κ1) is 24.7. The van der Waals surface area contributed by atoms with Crippen LogP contribution >= 0.6 is 0 Å². The lowest BCUT2D eigenvalue weighted by Crippen LogP contribution is -2.24. The number of aliphatic hydroxyl groups excluding tert-OH is 1. The van der Waals surface area contributed by atoms with E-state index in [1.54, 1.807) is 12.1 Å². The van der Waals surface area contributed by atoms with Crippen molar-refractivity contribution in [3.63, 3.8) is 0 Å². The predicted octanol–water partition coefficient (Wildman–Crippen LogP) is 5.10. The fourth-order valence-electron chi connectivity index (χ4n) is 4.82. The molecule has 1 atom stereocenters. The van der Waals surface area contributed by atoms with Gasteiger partial charge in [-0.1, -0.05) is 56.2 Å². The Labute approximate surface area is 215 Å². The molecule has 0 bridgehead atoms. The summed E-state index contributed by atoms with van der Waals surface area (Å²) in [4.78, 5) is 25.3. The number of rotatable bonds is 10. The first-order valence-electron chi connectivity index (χ1n) is 12.8. The summed E-state index contributed by atoms with van der Waals surface area (Å²) < 4.78 is 2.17. The van der Waals surface area contributed by atoms with E-state index in [1.807, 2.05) is 49.6 Å². The van der Waals surface area contributed by atoms with Gasteiger partial charge in [0, 0.05) is 12.6 Å². The number of imidazole rings is 1. The standard InChI is InChI=1S/C28H32N6O3/c1-2-22(16-35)31-28-32-25(24-26(33-28)34(17-30-24)23-5-3-4-6-23)29-15-18-7-9-19(10-8-18)20-11-13-21(14-12-20)27(36)37/h7-14,17,22-23,35H,2-6,15-16H2,1H3,(H,36,37)(H2,29,31,32,33)/t22-/m1/s1. The van der Waals surface area contributed by atoms with Gasteiger partial charge >= 0.3 is 5.97 Å². The molecule has 0 amide bonds. The van der Waals surface area contributed by atoms with E-state index in [1.165, 1.54) is 12.8 Å². The van der Waals surface area contributed by atoms with Gasteiger partial charge in [0.15, 0.2) is 17.0 Å². The third kappa shape index (κ3) is 5.41. The molecule has 1 fully saturated rings. The quantitative estimate of drug-likeness (QED) is 0.237. The van der Waals surface area contributed by atoms with E-state index in [0.29, 0.717) is 24.4 Å². The summed E-state index contributed by atoms with van der Waals surface area (Å²) in [6.07, 6.45) is 7.31. The van der Waals surface area contributed by atoms with Gasteiger partial charge in [0.25, 0.3) is 0 Å². The molecule has 37 heavy (non-hydrogen) atoms. The average molecular weight is 501 g/mol. The summed E-state index contributed by atoms with van der Waals surface area (Å²) in [7, 11) is 0. The van der Waals surface area contributed by atoms with Gasteiger partial charge in [0.1, 0.15) is 0 Å². The number of anilines is 2. The van der Waals surface area contributed by atoms with E-state index in [9.17, 15) is 9.90 Å². The van der Waals surface area contributed by atoms with E-state index >= 15 is 0 Å². The molecule has 1 aliphatic carbocycles. The molecule has 1 saturated carbocycles. The van der Waals surface area contributed by atoms with Gasteiger partial charge in [0.2, 0.25) is 5.95 Å². The number of fused-ring (bicyclic) bond motifs is 1. The Hall–Kier alpha value is -3.98. The summed E-state index contributed by atoms with van der Waals surface area (Å²) >= 11 is 0. The Morgan fingerprint density at radius 1 is 1.05 bits per heavy atom. The van der Waals surface area contributed by atoms with Crippen LogP contribution in [0, 0.1) is 0 Å². The second-order valence-corrected chi connectivity index (χ2v) is 9.52. The van der Waals surface area contributed by atoms with Crippen molar-refractivity contribution >= 4 is 28.9 Å². The number of nitrogens with zero attached hydrogens (tertiary/aromatic N) is 4. The minimum Gasteiger partial charge on any atom is -0.478 e. The molecule has 5 rings (SSSR count). The minimum atomic E-state index is -0.931. The molecule has 0 aliphatic heterocycles. The summed E-state index contributed by atoms with van der Waals surface area (Å²) in [6.45, 7) is 2.57. The molecule has 1 aliphatic rings. The molecule has 0 unspecified atom stereocenters. The molecular weight excluding hydrogens is 468 g/mol. The predicted molar refractivity (Wildman–Crippen MR) is 144 cm³/mol. The van der Waals surface area contributed by atoms with Crippen LogP contribution in [-0.2, 0) is 6.54 Å². The van der Waals surface area contributed by atoms with Crippen molar-refractivity contribution in [2.45, 2.75) is 57.7 Å². The van der Waals surface area contributed by atoms with Gasteiger partial charge in [-0.05, 0) is 48.1 Å². The zero-order valence-corrected chi connectivity index (χ0v) is 20.9. The highest BCUT2D eigenvalue weighted by Crippen LogP contribution is 2.33. The van der Waals surface area contributed by atoms with Crippen LogP contribution in [0.2, 0.25) is 0 Å². The number of aliphatic hydroxyl groups is 1. The second kappa shape index (κ2) is 11.0. The largest absolute Gasteiger partial charge is 0.478 e. The summed E-state index contributed by atoms with van der Waals surface area (Å²) in [5.41, 5.74) is 4.87. The molecule has 9 nitrogen and oxygen atoms in total. The second-order valence-electron chi connectivity index (χ2n) is 9.52. The van der Waals surface area contributed by atoms with Crippen LogP contribution in [0.15, 0.2) is 54.9 Å². The molecule has 0 spiro atoms. The first-order chi connectivity index (χ1) is 18.1. The molecule has 2 aromatic carbocycles. The number of aromatic nitrogens is 4. The van der Waals surface area contributed by atoms with Crippen molar-refractivity contribution in [2.24, 2.45) is 0 Å². The van der Waals surface area contributed by atoms with Crippen molar-refractivity contribution in [1.82, 2.24) is 19.5 Å². The third-order valence-corrected chi connectivity index (χ3v) is 7.06. The van der Waals surface area contributed by atoms with Crippen LogP contribution in [-0.4, -0.2) is 48.4 Å². The van der Waals surface area contributed by atoms with Gasteiger partial charge in [-0.15, -0.1) is 0 Å². The lowest BCUT2D eigenvalue weighted by molar-refractivity contribution is 0.0697. The lowest BCUT2D eigenvalue weighted by Gasteiger charge is -2.17. The van der Waals surface area contributed by atoms with Crippen LogP contribution in [0.25, 0.3) is 22.3 Å². The van der Waals surface area contributed by atoms with Crippen molar-refractivity contribution in [3.05, 3.63) is 66.0 Å². The number of carboxylic acids is 1. The van der Waals surface area contributed by atoms with Gasteiger partial charge in [0.05, 0.1) is 24.5 Å². The Bertz CT molecular complexity index is 1360. The van der Waals surface area contributed by atoms with E-state index in [2.05, 4.69) is 20.2 Å². The lowest BCUT2D eigenvalue weighted by atomic mass is 10.0. The number of hydrogen-bond donors (Lipinski definition) is 4. The highest BCUT2D eigenvalue weighted by molar-refractivity contribution is 5.88. The van der Waals surface area contributed by atoms with E-state index < -0.39 is 5.97 Å². The van der Waals surface area contributed by atoms with Gasteiger partial charge < -0.3 is 25.4 Å². The summed E-state index contributed by atoms with van der Waals surface area (Å²) in [6, 6.07) is 15.3. The highest BCUT2D eigenvalue weighted by Gasteiger charge is 2.22. The topological polar surface area (TPSA) is 125 Å². The maximum atomic E-state index is 11.1. The number of nitrogens with one attached hydrogen (secondary N) is 2. The highest BCUT2D eigenvalue weighted by atomic mass is 16.4. The zero-order chi connectivity index (χ0) is 25.8. The molecule has 9 heteroatoms. The van der Waals surface area contributed by atoms with E-state index in [4.69, 9.17) is 15.1 Å². The normalized spacial score (nSPS) is 14.6. The fourth-order valence-corrected chi connectivity index (χ4v) is 4.82. The number of benzene rings is 2. The molecule has 2 heterocycles. The Morgan fingerprint density at radius 2 is 1.73 bits per heavy atom. The molecule has 2 aromatic heterocycles. The van der Waals surface area contributed by atoms with Crippen molar-refractivity contribution in [1.29, 1.82) is 0 Å². The van der Waals surface area contributed by atoms with Crippen molar-refractivity contribution in [2.75, 3.05) is 17.2 Å². The molecule has 4 aromatic rings. The Morgan fingerprint density at radius 3 is 2.35 bits per heavy atom. The zero-order valence-electron chi connectivity index (χ0n) is 20.9. The third-order valence-electron chi connectivity index (χ3n) is 7.06. The molecular formula is C28H32N6O3.